The SMILES string of the molecule is O=C(O)c1cn[nH]c1-c1n[nH]c2ccccc12. The molecule has 0 bridgehead atoms. The van der Waals surface area contributed by atoms with Crippen LogP contribution in [0.2, 0.25) is 0 Å². The second-order valence-electron chi connectivity index (χ2n) is 3.58. The molecule has 6 nitrogen and oxygen atoms in total. The molecule has 6 heteroatoms. The summed E-state index contributed by atoms with van der Waals surface area (Å²) in [6, 6.07) is 7.51. The third-order valence-electron chi connectivity index (χ3n) is 2.58. The highest BCUT2D eigenvalue weighted by Gasteiger charge is 2.18. The van der Waals surface area contributed by atoms with Gasteiger partial charge >= 0.3 is 5.97 Å². The van der Waals surface area contributed by atoms with Gasteiger partial charge in [0.25, 0.3) is 0 Å². The number of carbonyl (C=O) groups is 1. The van der Waals surface area contributed by atoms with Gasteiger partial charge in [0.2, 0.25) is 0 Å². The maximum atomic E-state index is 11.0. The summed E-state index contributed by atoms with van der Waals surface area (Å²) in [6.07, 6.45) is 1.28. The van der Waals surface area contributed by atoms with E-state index < -0.39 is 5.97 Å². The lowest BCUT2D eigenvalue weighted by molar-refractivity contribution is 0.0698. The van der Waals surface area contributed by atoms with Gasteiger partial charge in [-0.3, -0.25) is 10.2 Å². The van der Waals surface area contributed by atoms with Crippen molar-refractivity contribution in [1.82, 2.24) is 20.4 Å². The average molecular weight is 228 g/mol. The molecular formula is C11H8N4O2. The van der Waals surface area contributed by atoms with Gasteiger partial charge < -0.3 is 5.11 Å². The van der Waals surface area contributed by atoms with E-state index in [1.165, 1.54) is 6.20 Å². The van der Waals surface area contributed by atoms with Gasteiger partial charge in [-0.15, -0.1) is 0 Å². The number of fused-ring (bicyclic) bond motifs is 1. The molecule has 0 atom stereocenters. The third-order valence-corrected chi connectivity index (χ3v) is 2.58. The molecule has 0 unspecified atom stereocenters. The number of carboxylic acid groups (broad SMARTS) is 1. The zero-order chi connectivity index (χ0) is 11.8. The normalized spacial score (nSPS) is 10.8. The zero-order valence-corrected chi connectivity index (χ0v) is 8.64. The van der Waals surface area contributed by atoms with Gasteiger partial charge in [-0.25, -0.2) is 4.79 Å². The number of carboxylic acids is 1. The molecule has 0 aliphatic heterocycles. The Bertz CT molecular complexity index is 698. The molecule has 0 aliphatic rings. The van der Waals surface area contributed by atoms with Crippen LogP contribution in [0, 0.1) is 0 Å². The molecule has 3 rings (SSSR count). The van der Waals surface area contributed by atoms with Crippen molar-refractivity contribution in [2.45, 2.75) is 0 Å². The number of aromatic carboxylic acids is 1. The number of hydrogen-bond donors (Lipinski definition) is 3. The quantitative estimate of drug-likeness (QED) is 0.621. The molecule has 0 aliphatic carbocycles. The molecule has 0 radical (unpaired) electrons. The Morgan fingerprint density at radius 1 is 1.24 bits per heavy atom. The molecule has 0 spiro atoms. The number of nitrogens with zero attached hydrogens (tertiary/aromatic N) is 2. The first kappa shape index (κ1) is 9.59. The Hall–Kier alpha value is -2.63. The van der Waals surface area contributed by atoms with E-state index in [1.807, 2.05) is 24.3 Å². The molecule has 84 valence electrons. The first-order valence-corrected chi connectivity index (χ1v) is 4.97. The van der Waals surface area contributed by atoms with Gasteiger partial charge in [0, 0.05) is 5.39 Å². The predicted octanol–water partition coefficient (Wildman–Crippen LogP) is 1.65. The first-order chi connectivity index (χ1) is 8.27. The van der Waals surface area contributed by atoms with Gasteiger partial charge in [-0.05, 0) is 6.07 Å². The third kappa shape index (κ3) is 1.38. The number of rotatable bonds is 2. The number of H-pyrrole nitrogens is 2. The summed E-state index contributed by atoms with van der Waals surface area (Å²) in [4.78, 5) is 11.0. The Labute approximate surface area is 95.3 Å². The molecule has 0 fully saturated rings. The topological polar surface area (TPSA) is 94.7 Å². The van der Waals surface area contributed by atoms with Crippen molar-refractivity contribution in [3.05, 3.63) is 36.0 Å². The van der Waals surface area contributed by atoms with Crippen molar-refractivity contribution in [3.8, 4) is 11.4 Å². The van der Waals surface area contributed by atoms with Crippen LogP contribution in [0.5, 0.6) is 0 Å². The fraction of sp³-hybridized carbons (Fsp3) is 0. The van der Waals surface area contributed by atoms with Crippen molar-refractivity contribution in [1.29, 1.82) is 0 Å². The van der Waals surface area contributed by atoms with Crippen LogP contribution in [0.1, 0.15) is 10.4 Å². The lowest BCUT2D eigenvalue weighted by Gasteiger charge is -1.95. The molecule has 0 saturated carbocycles. The minimum atomic E-state index is -1.03. The fourth-order valence-corrected chi connectivity index (χ4v) is 1.78. The maximum Gasteiger partial charge on any atom is 0.339 e. The van der Waals surface area contributed by atoms with Gasteiger partial charge in [-0.1, -0.05) is 18.2 Å². The maximum absolute atomic E-state index is 11.0. The molecule has 1 aromatic carbocycles. The van der Waals surface area contributed by atoms with E-state index in [-0.39, 0.29) is 5.56 Å². The molecule has 0 amide bonds. The monoisotopic (exact) mass is 228 g/mol. The standard InChI is InChI=1S/C11H8N4O2/c16-11(17)7-5-12-14-10(7)9-6-3-1-2-4-8(6)13-15-9/h1-5H,(H,12,14)(H,13,15)(H,16,17). The summed E-state index contributed by atoms with van der Waals surface area (Å²) < 4.78 is 0. The highest BCUT2D eigenvalue weighted by molar-refractivity contribution is 6.00. The van der Waals surface area contributed by atoms with E-state index in [1.54, 1.807) is 0 Å². The van der Waals surface area contributed by atoms with Crippen molar-refractivity contribution in [2.75, 3.05) is 0 Å². The highest BCUT2D eigenvalue weighted by atomic mass is 16.4. The van der Waals surface area contributed by atoms with Crippen LogP contribution >= 0.6 is 0 Å². The summed E-state index contributed by atoms with van der Waals surface area (Å²) in [5, 5.41) is 23.3. The van der Waals surface area contributed by atoms with Crippen molar-refractivity contribution in [3.63, 3.8) is 0 Å². The van der Waals surface area contributed by atoms with E-state index in [0.717, 1.165) is 10.9 Å². The van der Waals surface area contributed by atoms with E-state index in [4.69, 9.17) is 5.11 Å². The average Bonchev–Trinajstić information content (AvgIpc) is 2.94. The number of para-hydroxylation sites is 1. The smallest absolute Gasteiger partial charge is 0.339 e. The summed E-state index contributed by atoms with van der Waals surface area (Å²) in [5.41, 5.74) is 1.95. The van der Waals surface area contributed by atoms with Crippen LogP contribution in [0.3, 0.4) is 0 Å². The van der Waals surface area contributed by atoms with Crippen LogP contribution in [-0.2, 0) is 0 Å². The van der Waals surface area contributed by atoms with Gasteiger partial charge in [0.15, 0.2) is 0 Å². The number of aromatic amines is 2. The molecular weight excluding hydrogens is 220 g/mol. The fourth-order valence-electron chi connectivity index (χ4n) is 1.78. The summed E-state index contributed by atoms with van der Waals surface area (Å²) in [6.45, 7) is 0. The second-order valence-corrected chi connectivity index (χ2v) is 3.58. The van der Waals surface area contributed by atoms with Crippen LogP contribution in [0.25, 0.3) is 22.3 Å². The zero-order valence-electron chi connectivity index (χ0n) is 8.64. The van der Waals surface area contributed by atoms with Crippen LogP contribution < -0.4 is 0 Å². The largest absolute Gasteiger partial charge is 0.478 e. The van der Waals surface area contributed by atoms with Crippen LogP contribution in [0.15, 0.2) is 30.5 Å². The van der Waals surface area contributed by atoms with Crippen LogP contribution in [-0.4, -0.2) is 31.5 Å². The Kier molecular flexibility index (Phi) is 1.94. The molecule has 0 saturated heterocycles. The highest BCUT2D eigenvalue weighted by Crippen LogP contribution is 2.26. The van der Waals surface area contributed by atoms with Crippen molar-refractivity contribution >= 4 is 16.9 Å². The van der Waals surface area contributed by atoms with Gasteiger partial charge in [-0.2, -0.15) is 10.2 Å². The minimum Gasteiger partial charge on any atom is -0.478 e. The number of hydrogen-bond acceptors (Lipinski definition) is 3. The summed E-state index contributed by atoms with van der Waals surface area (Å²) in [5.74, 6) is -1.03. The van der Waals surface area contributed by atoms with E-state index >= 15 is 0 Å². The Morgan fingerprint density at radius 3 is 2.88 bits per heavy atom. The summed E-state index contributed by atoms with van der Waals surface area (Å²) in [7, 11) is 0. The Morgan fingerprint density at radius 2 is 2.06 bits per heavy atom. The van der Waals surface area contributed by atoms with Crippen molar-refractivity contribution < 1.29 is 9.90 Å². The Balaban J connectivity index is 2.28. The number of aromatic nitrogens is 4. The number of benzene rings is 1. The second kappa shape index (κ2) is 3.44. The molecule has 17 heavy (non-hydrogen) atoms. The van der Waals surface area contributed by atoms with Gasteiger partial charge in [0.1, 0.15) is 17.0 Å². The molecule has 2 heterocycles. The van der Waals surface area contributed by atoms with Gasteiger partial charge in [0.05, 0.1) is 11.7 Å². The minimum absolute atomic E-state index is 0.113. The predicted molar refractivity (Wildman–Crippen MR) is 60.6 cm³/mol. The summed E-state index contributed by atoms with van der Waals surface area (Å²) >= 11 is 0. The van der Waals surface area contributed by atoms with Crippen molar-refractivity contribution in [2.24, 2.45) is 0 Å². The molecule has 3 aromatic rings. The lowest BCUT2D eigenvalue weighted by atomic mass is 10.1. The number of nitrogens with one attached hydrogen (secondary N) is 2. The van der Waals surface area contributed by atoms with Crippen LogP contribution in [0.4, 0.5) is 0 Å². The molecule has 3 N–H and O–H groups in total. The van der Waals surface area contributed by atoms with E-state index in [0.29, 0.717) is 11.4 Å². The van der Waals surface area contributed by atoms with E-state index in [9.17, 15) is 4.79 Å². The first-order valence-electron chi connectivity index (χ1n) is 4.97. The van der Waals surface area contributed by atoms with E-state index in [2.05, 4.69) is 20.4 Å². The lowest BCUT2D eigenvalue weighted by Crippen LogP contribution is -1.97. The molecule has 2 aromatic heterocycles.